The van der Waals surface area contributed by atoms with Crippen molar-refractivity contribution in [3.05, 3.63) is 40.5 Å². The molecular formula is C15H19N5O3. The Kier molecular flexibility index (Phi) is 4.14. The fourth-order valence-corrected chi connectivity index (χ4v) is 3.18. The molecule has 1 saturated heterocycles. The Morgan fingerprint density at radius 3 is 2.91 bits per heavy atom. The zero-order valence-electron chi connectivity index (χ0n) is 13.2. The average molecular weight is 317 g/mol. The van der Waals surface area contributed by atoms with Crippen molar-refractivity contribution in [2.45, 2.75) is 18.8 Å². The minimum atomic E-state index is -0.375. The number of methoxy groups -OCH3 is 1. The van der Waals surface area contributed by atoms with Crippen molar-refractivity contribution < 1.29 is 9.66 Å². The van der Waals surface area contributed by atoms with Gasteiger partial charge in [-0.1, -0.05) is 6.07 Å². The summed E-state index contributed by atoms with van der Waals surface area (Å²) < 4.78 is 7.07. The van der Waals surface area contributed by atoms with E-state index in [9.17, 15) is 10.1 Å². The van der Waals surface area contributed by atoms with E-state index in [1.807, 2.05) is 16.5 Å². The van der Waals surface area contributed by atoms with Crippen LogP contribution in [0, 0.1) is 10.1 Å². The molecule has 0 bridgehead atoms. The number of hydrogen-bond acceptors (Lipinski definition) is 6. The molecular weight excluding hydrogens is 298 g/mol. The zero-order valence-corrected chi connectivity index (χ0v) is 13.2. The second-order valence-corrected chi connectivity index (χ2v) is 5.67. The Morgan fingerprint density at radius 2 is 2.26 bits per heavy atom. The first-order valence-electron chi connectivity index (χ1n) is 7.52. The molecule has 8 nitrogen and oxygen atoms in total. The van der Waals surface area contributed by atoms with Crippen LogP contribution in [-0.4, -0.2) is 39.9 Å². The molecule has 8 heteroatoms. The molecule has 1 aromatic carbocycles. The highest BCUT2D eigenvalue weighted by atomic mass is 16.6. The monoisotopic (exact) mass is 317 g/mol. The van der Waals surface area contributed by atoms with Crippen molar-refractivity contribution in [3.63, 3.8) is 0 Å². The Balaban J connectivity index is 1.93. The van der Waals surface area contributed by atoms with Crippen molar-refractivity contribution in [2.24, 2.45) is 7.05 Å². The number of nitrogens with zero attached hydrogens (tertiary/aromatic N) is 5. The maximum Gasteiger partial charge on any atom is 0.333 e. The van der Waals surface area contributed by atoms with E-state index in [4.69, 9.17) is 4.74 Å². The van der Waals surface area contributed by atoms with Crippen LogP contribution < -0.4 is 9.64 Å². The van der Waals surface area contributed by atoms with Gasteiger partial charge in [-0.15, -0.1) is 10.2 Å². The van der Waals surface area contributed by atoms with Gasteiger partial charge in [-0.05, 0) is 25.0 Å². The van der Waals surface area contributed by atoms with E-state index < -0.39 is 0 Å². The molecule has 1 aliphatic heterocycles. The molecule has 2 aromatic rings. The van der Waals surface area contributed by atoms with Gasteiger partial charge in [-0.2, -0.15) is 0 Å². The number of rotatable bonds is 4. The normalized spacial score (nSPS) is 18.0. The van der Waals surface area contributed by atoms with E-state index in [0.29, 0.717) is 12.2 Å². The van der Waals surface area contributed by atoms with Gasteiger partial charge in [0, 0.05) is 26.1 Å². The van der Waals surface area contributed by atoms with E-state index in [-0.39, 0.29) is 22.3 Å². The summed E-state index contributed by atoms with van der Waals surface area (Å²) in [6.45, 7) is 1.46. The molecule has 0 radical (unpaired) electrons. The summed E-state index contributed by atoms with van der Waals surface area (Å²) in [5.41, 5.74) is 0.620. The SMILES string of the molecule is COc1cccc(N2CCC[C@H](c3nncn3C)C2)c1[N+](=O)[O-]. The average Bonchev–Trinajstić information content (AvgIpc) is 3.00. The molecule has 122 valence electrons. The summed E-state index contributed by atoms with van der Waals surface area (Å²) in [6.07, 6.45) is 3.63. The van der Waals surface area contributed by atoms with Gasteiger partial charge in [0.2, 0.25) is 0 Å². The van der Waals surface area contributed by atoms with Gasteiger partial charge < -0.3 is 14.2 Å². The van der Waals surface area contributed by atoms with E-state index >= 15 is 0 Å². The topological polar surface area (TPSA) is 86.3 Å². The van der Waals surface area contributed by atoms with Crippen LogP contribution in [0.3, 0.4) is 0 Å². The molecule has 0 amide bonds. The number of para-hydroxylation sites is 1. The Morgan fingerprint density at radius 1 is 1.43 bits per heavy atom. The molecule has 1 aliphatic rings. The summed E-state index contributed by atoms with van der Waals surface area (Å²) >= 11 is 0. The molecule has 0 saturated carbocycles. The van der Waals surface area contributed by atoms with E-state index in [2.05, 4.69) is 10.2 Å². The second kappa shape index (κ2) is 6.23. The fourth-order valence-electron chi connectivity index (χ4n) is 3.18. The van der Waals surface area contributed by atoms with Gasteiger partial charge in [-0.3, -0.25) is 10.1 Å². The third kappa shape index (κ3) is 2.84. The highest BCUT2D eigenvalue weighted by Crippen LogP contribution is 2.39. The first kappa shape index (κ1) is 15.3. The minimum Gasteiger partial charge on any atom is -0.490 e. The maximum atomic E-state index is 11.5. The number of nitro groups is 1. The van der Waals surface area contributed by atoms with E-state index in [1.165, 1.54) is 7.11 Å². The van der Waals surface area contributed by atoms with Crippen molar-refractivity contribution >= 4 is 11.4 Å². The lowest BCUT2D eigenvalue weighted by atomic mass is 9.96. The van der Waals surface area contributed by atoms with Crippen LogP contribution in [0.4, 0.5) is 11.4 Å². The van der Waals surface area contributed by atoms with Gasteiger partial charge >= 0.3 is 5.69 Å². The third-order valence-corrected chi connectivity index (χ3v) is 4.25. The molecule has 0 unspecified atom stereocenters. The molecule has 2 heterocycles. The van der Waals surface area contributed by atoms with Crippen molar-refractivity contribution in [3.8, 4) is 5.75 Å². The first-order valence-corrected chi connectivity index (χ1v) is 7.52. The van der Waals surface area contributed by atoms with Crippen LogP contribution in [0.1, 0.15) is 24.6 Å². The van der Waals surface area contributed by atoms with Crippen LogP contribution in [0.25, 0.3) is 0 Å². The number of benzene rings is 1. The smallest absolute Gasteiger partial charge is 0.333 e. The fraction of sp³-hybridized carbons (Fsp3) is 0.467. The molecule has 0 spiro atoms. The predicted octanol–water partition coefficient (Wildman–Crippen LogP) is 2.12. The number of piperidine rings is 1. The number of hydrogen-bond donors (Lipinski definition) is 0. The summed E-state index contributed by atoms with van der Waals surface area (Å²) in [5, 5.41) is 19.6. The summed E-state index contributed by atoms with van der Waals surface area (Å²) in [4.78, 5) is 13.2. The van der Waals surface area contributed by atoms with Crippen LogP contribution in [-0.2, 0) is 7.05 Å². The van der Waals surface area contributed by atoms with Crippen molar-refractivity contribution in [2.75, 3.05) is 25.1 Å². The lowest BCUT2D eigenvalue weighted by molar-refractivity contribution is -0.385. The van der Waals surface area contributed by atoms with Gasteiger partial charge in [0.1, 0.15) is 17.8 Å². The lowest BCUT2D eigenvalue weighted by Crippen LogP contribution is -2.35. The summed E-state index contributed by atoms with van der Waals surface area (Å²) in [6, 6.07) is 5.18. The molecule has 23 heavy (non-hydrogen) atoms. The quantitative estimate of drug-likeness (QED) is 0.634. The second-order valence-electron chi connectivity index (χ2n) is 5.67. The van der Waals surface area contributed by atoms with Crippen LogP contribution in [0.2, 0.25) is 0 Å². The highest BCUT2D eigenvalue weighted by Gasteiger charge is 2.30. The van der Waals surface area contributed by atoms with Crippen LogP contribution in [0.5, 0.6) is 5.75 Å². The Bertz CT molecular complexity index is 715. The largest absolute Gasteiger partial charge is 0.490 e. The molecule has 1 aromatic heterocycles. The van der Waals surface area contributed by atoms with Crippen molar-refractivity contribution in [1.29, 1.82) is 0 Å². The zero-order chi connectivity index (χ0) is 16.4. The molecule has 1 atom stereocenters. The van der Waals surface area contributed by atoms with Gasteiger partial charge in [-0.25, -0.2) is 0 Å². The maximum absolute atomic E-state index is 11.5. The van der Waals surface area contributed by atoms with E-state index in [1.54, 1.807) is 24.5 Å². The number of aromatic nitrogens is 3. The predicted molar refractivity (Wildman–Crippen MR) is 84.8 cm³/mol. The summed E-state index contributed by atoms with van der Waals surface area (Å²) in [5.74, 6) is 1.41. The van der Waals surface area contributed by atoms with Crippen LogP contribution in [0.15, 0.2) is 24.5 Å². The van der Waals surface area contributed by atoms with Gasteiger partial charge in [0.25, 0.3) is 0 Å². The molecule has 0 N–H and O–H groups in total. The standard InChI is InChI=1S/C15H19N5O3/c1-18-10-16-17-15(18)11-5-4-8-19(9-11)12-6-3-7-13(23-2)14(12)20(21)22/h3,6-7,10-11H,4-5,8-9H2,1-2H3/t11-/m0/s1. The van der Waals surface area contributed by atoms with Gasteiger partial charge in [0.15, 0.2) is 5.75 Å². The summed E-state index contributed by atoms with van der Waals surface area (Å²) in [7, 11) is 3.37. The number of ether oxygens (including phenoxy) is 1. The van der Waals surface area contributed by atoms with Gasteiger partial charge in [0.05, 0.1) is 12.0 Å². The Hall–Kier alpha value is -2.64. The number of nitro benzene ring substituents is 1. The Labute approximate surface area is 133 Å². The number of aryl methyl sites for hydroxylation is 1. The van der Waals surface area contributed by atoms with Crippen molar-refractivity contribution in [1.82, 2.24) is 14.8 Å². The van der Waals surface area contributed by atoms with E-state index in [0.717, 1.165) is 25.2 Å². The lowest BCUT2D eigenvalue weighted by Gasteiger charge is -2.33. The molecule has 1 fully saturated rings. The number of anilines is 1. The molecule has 0 aliphatic carbocycles. The minimum absolute atomic E-state index is 0.0219. The highest BCUT2D eigenvalue weighted by molar-refractivity contribution is 5.70. The first-order chi connectivity index (χ1) is 11.1. The molecule has 3 rings (SSSR count). The van der Waals surface area contributed by atoms with Crippen LogP contribution >= 0.6 is 0 Å². The third-order valence-electron chi connectivity index (χ3n) is 4.25.